The van der Waals surface area contributed by atoms with Gasteiger partial charge in [-0.3, -0.25) is 4.79 Å². The van der Waals surface area contributed by atoms with Crippen LogP contribution in [0.4, 0.5) is 0 Å². The van der Waals surface area contributed by atoms with E-state index in [1.807, 2.05) is 66.7 Å². The largest absolute Gasteiger partial charge is 0.489 e. The predicted octanol–water partition coefficient (Wildman–Crippen LogP) is 4.44. The third kappa shape index (κ3) is 7.10. The van der Waals surface area contributed by atoms with Crippen molar-refractivity contribution in [2.45, 2.75) is 18.9 Å². The molecular weight excluding hydrogens is 430 g/mol. The van der Waals surface area contributed by atoms with Gasteiger partial charge in [0.05, 0.1) is 12.0 Å². The van der Waals surface area contributed by atoms with Crippen LogP contribution in [-0.2, 0) is 16.2 Å². The molecule has 1 amide bonds. The molecule has 3 aromatic carbocycles. The van der Waals surface area contributed by atoms with Crippen LogP contribution in [0.25, 0.3) is 0 Å². The number of nitriles is 1. The number of rotatable bonds is 11. The Morgan fingerprint density at radius 3 is 2.24 bits per heavy atom. The third-order valence-corrected chi connectivity index (χ3v) is 5.12. The highest BCUT2D eigenvalue weighted by Gasteiger charge is 2.14. The molecule has 7 heteroatoms. The SMILES string of the molecule is CNC(=O)CC(C#N)c1ccc(OCc2ccc(OCC(=NOC)c3ccccc3)cc2)cc1. The zero-order valence-corrected chi connectivity index (χ0v) is 19.2. The Labute approximate surface area is 199 Å². The maximum absolute atomic E-state index is 11.6. The van der Waals surface area contributed by atoms with E-state index in [2.05, 4.69) is 16.5 Å². The van der Waals surface area contributed by atoms with Crippen molar-refractivity contribution in [3.63, 3.8) is 0 Å². The Morgan fingerprint density at radius 2 is 1.62 bits per heavy atom. The number of nitrogens with one attached hydrogen (secondary N) is 1. The maximum Gasteiger partial charge on any atom is 0.221 e. The maximum atomic E-state index is 11.6. The van der Waals surface area contributed by atoms with Gasteiger partial charge >= 0.3 is 0 Å². The summed E-state index contributed by atoms with van der Waals surface area (Å²) in [7, 11) is 3.07. The summed E-state index contributed by atoms with van der Waals surface area (Å²) in [4.78, 5) is 16.5. The topological polar surface area (TPSA) is 92.9 Å². The molecule has 3 aromatic rings. The molecule has 0 fully saturated rings. The molecule has 0 aliphatic rings. The molecule has 7 nitrogen and oxygen atoms in total. The highest BCUT2D eigenvalue weighted by Crippen LogP contribution is 2.23. The van der Waals surface area contributed by atoms with Crippen LogP contribution < -0.4 is 14.8 Å². The molecule has 0 bridgehead atoms. The van der Waals surface area contributed by atoms with E-state index < -0.39 is 5.92 Å². The number of amides is 1. The fraction of sp³-hybridized carbons (Fsp3) is 0.222. The molecule has 0 heterocycles. The fourth-order valence-corrected chi connectivity index (χ4v) is 3.23. The quantitative estimate of drug-likeness (QED) is 0.339. The van der Waals surface area contributed by atoms with Crippen molar-refractivity contribution in [3.05, 3.63) is 95.6 Å². The molecule has 1 N–H and O–H groups in total. The summed E-state index contributed by atoms with van der Waals surface area (Å²) in [6.07, 6.45) is 0.131. The number of benzene rings is 3. The van der Waals surface area contributed by atoms with Crippen LogP contribution in [0.1, 0.15) is 29.0 Å². The van der Waals surface area contributed by atoms with Gasteiger partial charge in [0.25, 0.3) is 0 Å². The van der Waals surface area contributed by atoms with Crippen LogP contribution in [0.3, 0.4) is 0 Å². The van der Waals surface area contributed by atoms with Crippen LogP contribution in [0.2, 0.25) is 0 Å². The summed E-state index contributed by atoms with van der Waals surface area (Å²) < 4.78 is 11.7. The number of nitrogens with zero attached hydrogens (tertiary/aromatic N) is 2. The van der Waals surface area contributed by atoms with Gasteiger partial charge in [0.1, 0.15) is 37.5 Å². The second-order valence-electron chi connectivity index (χ2n) is 7.44. The monoisotopic (exact) mass is 457 g/mol. The summed E-state index contributed by atoms with van der Waals surface area (Å²) in [5.74, 6) is 0.745. The molecule has 0 aromatic heterocycles. The number of oxime groups is 1. The molecule has 0 saturated heterocycles. The molecular formula is C27H27N3O4. The van der Waals surface area contributed by atoms with E-state index in [-0.39, 0.29) is 18.9 Å². The lowest BCUT2D eigenvalue weighted by Gasteiger charge is -2.11. The first-order chi connectivity index (χ1) is 16.6. The Balaban J connectivity index is 1.52. The summed E-state index contributed by atoms with van der Waals surface area (Å²) in [5.41, 5.74) is 3.41. The standard InChI is InChI=1S/C27H27N3O4/c1-29-27(31)16-23(17-28)21-10-14-25(15-11-21)33-18-20-8-12-24(13-9-20)34-19-26(30-32-2)22-6-4-3-5-7-22/h3-15,23H,16,18-19H2,1-2H3,(H,29,31). The van der Waals surface area contributed by atoms with E-state index in [4.69, 9.17) is 14.3 Å². The van der Waals surface area contributed by atoms with Crippen LogP contribution in [0, 0.1) is 11.3 Å². The molecule has 0 spiro atoms. The van der Waals surface area contributed by atoms with Crippen molar-refractivity contribution in [2.24, 2.45) is 5.16 Å². The van der Waals surface area contributed by atoms with E-state index in [9.17, 15) is 10.1 Å². The average Bonchev–Trinajstić information content (AvgIpc) is 2.89. The fourth-order valence-electron chi connectivity index (χ4n) is 3.23. The minimum atomic E-state index is -0.488. The van der Waals surface area contributed by atoms with Gasteiger partial charge in [-0.2, -0.15) is 5.26 Å². The lowest BCUT2D eigenvalue weighted by Crippen LogP contribution is -2.20. The summed E-state index contributed by atoms with van der Waals surface area (Å²) >= 11 is 0. The molecule has 0 saturated carbocycles. The molecule has 174 valence electrons. The number of hydrogen-bond donors (Lipinski definition) is 1. The van der Waals surface area contributed by atoms with Gasteiger partial charge in [0, 0.05) is 19.0 Å². The van der Waals surface area contributed by atoms with Gasteiger partial charge in [-0.1, -0.05) is 59.8 Å². The van der Waals surface area contributed by atoms with Crippen LogP contribution in [0.5, 0.6) is 11.5 Å². The highest BCUT2D eigenvalue weighted by atomic mass is 16.6. The first-order valence-electron chi connectivity index (χ1n) is 10.8. The lowest BCUT2D eigenvalue weighted by molar-refractivity contribution is -0.120. The number of carbonyl (C=O) groups excluding carboxylic acids is 1. The van der Waals surface area contributed by atoms with E-state index in [1.54, 1.807) is 19.2 Å². The number of ether oxygens (including phenoxy) is 2. The summed E-state index contributed by atoms with van der Waals surface area (Å²) in [6.45, 7) is 0.670. The zero-order chi connectivity index (χ0) is 24.2. The van der Waals surface area contributed by atoms with Crippen molar-refractivity contribution in [1.82, 2.24) is 5.32 Å². The van der Waals surface area contributed by atoms with E-state index in [0.29, 0.717) is 23.8 Å². The Bertz CT molecular complexity index is 1120. The smallest absolute Gasteiger partial charge is 0.221 e. The molecule has 0 radical (unpaired) electrons. The van der Waals surface area contributed by atoms with Gasteiger partial charge in [0.2, 0.25) is 5.91 Å². The van der Waals surface area contributed by atoms with Gasteiger partial charge in [-0.15, -0.1) is 0 Å². The van der Waals surface area contributed by atoms with Gasteiger partial charge in [-0.05, 0) is 35.4 Å². The first-order valence-corrected chi connectivity index (χ1v) is 10.8. The van der Waals surface area contributed by atoms with Crippen molar-refractivity contribution in [3.8, 4) is 17.6 Å². The van der Waals surface area contributed by atoms with Crippen molar-refractivity contribution in [2.75, 3.05) is 20.8 Å². The molecule has 1 atom stereocenters. The van der Waals surface area contributed by atoms with Gasteiger partial charge in [-0.25, -0.2) is 0 Å². The molecule has 34 heavy (non-hydrogen) atoms. The Kier molecular flexibility index (Phi) is 9.06. The van der Waals surface area contributed by atoms with Crippen LogP contribution >= 0.6 is 0 Å². The predicted molar refractivity (Wildman–Crippen MR) is 130 cm³/mol. The van der Waals surface area contributed by atoms with Crippen molar-refractivity contribution < 1.29 is 19.1 Å². The first kappa shape index (κ1) is 24.3. The Hall–Kier alpha value is -4.31. The minimum absolute atomic E-state index is 0.131. The van der Waals surface area contributed by atoms with Gasteiger partial charge < -0.3 is 19.6 Å². The van der Waals surface area contributed by atoms with E-state index in [0.717, 1.165) is 16.7 Å². The normalized spacial score (nSPS) is 11.7. The van der Waals surface area contributed by atoms with Crippen LogP contribution in [0.15, 0.2) is 84.0 Å². The van der Waals surface area contributed by atoms with Crippen molar-refractivity contribution >= 4 is 11.6 Å². The molecule has 1 unspecified atom stereocenters. The third-order valence-electron chi connectivity index (χ3n) is 5.12. The highest BCUT2D eigenvalue weighted by molar-refractivity contribution is 6.01. The van der Waals surface area contributed by atoms with Crippen molar-refractivity contribution in [1.29, 1.82) is 5.26 Å². The second kappa shape index (κ2) is 12.7. The Morgan fingerprint density at radius 1 is 0.971 bits per heavy atom. The van der Waals surface area contributed by atoms with Crippen LogP contribution in [-0.4, -0.2) is 32.4 Å². The van der Waals surface area contributed by atoms with E-state index in [1.165, 1.54) is 7.11 Å². The number of carbonyl (C=O) groups is 1. The average molecular weight is 458 g/mol. The van der Waals surface area contributed by atoms with E-state index >= 15 is 0 Å². The second-order valence-corrected chi connectivity index (χ2v) is 7.44. The lowest BCUT2D eigenvalue weighted by atomic mass is 9.97. The summed E-state index contributed by atoms with van der Waals surface area (Å²) in [6, 6.07) is 26.8. The minimum Gasteiger partial charge on any atom is -0.489 e. The van der Waals surface area contributed by atoms with Gasteiger partial charge in [0.15, 0.2) is 0 Å². The number of hydrogen-bond acceptors (Lipinski definition) is 6. The molecule has 3 rings (SSSR count). The molecule has 0 aliphatic heterocycles. The zero-order valence-electron chi connectivity index (χ0n) is 19.2. The summed E-state index contributed by atoms with van der Waals surface area (Å²) in [5, 5.41) is 15.9. The molecule has 0 aliphatic carbocycles.